The van der Waals surface area contributed by atoms with E-state index in [2.05, 4.69) is 0 Å². The van der Waals surface area contributed by atoms with Crippen LogP contribution in [0.1, 0.15) is 32.1 Å². The molecule has 2 bridgehead atoms. The Hall–Kier alpha value is -0.370. The summed E-state index contributed by atoms with van der Waals surface area (Å²) in [6.07, 6.45) is 5.57. The molecule has 0 atom stereocenters. The maximum Gasteiger partial charge on any atom is 0.164 e. The van der Waals surface area contributed by atoms with Crippen molar-refractivity contribution in [2.75, 3.05) is 6.61 Å². The first-order chi connectivity index (χ1) is 5.27. The molecule has 2 saturated carbocycles. The molecular formula is C9H14O2. The average molecular weight is 154 g/mol. The fraction of sp³-hybridized carbons (Fsp3) is 0.889. The van der Waals surface area contributed by atoms with Crippen LogP contribution in [-0.4, -0.2) is 17.5 Å². The Balaban J connectivity index is 2.16. The number of aliphatic hydroxyl groups is 1. The Morgan fingerprint density at radius 3 is 2.45 bits per heavy atom. The van der Waals surface area contributed by atoms with Crippen LogP contribution in [-0.2, 0) is 4.79 Å². The summed E-state index contributed by atoms with van der Waals surface area (Å²) >= 11 is 0. The molecule has 2 rings (SSSR count). The minimum Gasteiger partial charge on any atom is -0.389 e. The van der Waals surface area contributed by atoms with Crippen molar-refractivity contribution in [3.05, 3.63) is 0 Å². The molecule has 0 saturated heterocycles. The van der Waals surface area contributed by atoms with Gasteiger partial charge in [-0.2, -0.15) is 0 Å². The van der Waals surface area contributed by atoms with Crippen LogP contribution >= 0.6 is 0 Å². The van der Waals surface area contributed by atoms with Gasteiger partial charge in [-0.1, -0.05) is 0 Å². The van der Waals surface area contributed by atoms with E-state index in [1.807, 2.05) is 0 Å². The molecule has 1 N–H and O–H groups in total. The zero-order valence-electron chi connectivity index (χ0n) is 6.68. The monoisotopic (exact) mass is 154 g/mol. The molecule has 0 unspecified atom stereocenters. The van der Waals surface area contributed by atoms with Gasteiger partial charge in [0.15, 0.2) is 5.78 Å². The second-order valence-corrected chi connectivity index (χ2v) is 4.01. The molecule has 2 nitrogen and oxygen atoms in total. The molecule has 0 aromatic rings. The molecule has 0 radical (unpaired) electrons. The van der Waals surface area contributed by atoms with Gasteiger partial charge in [-0.25, -0.2) is 0 Å². The normalized spacial score (nSPS) is 41.4. The van der Waals surface area contributed by atoms with E-state index < -0.39 is 0 Å². The molecule has 2 heteroatoms. The number of carbonyl (C=O) groups is 1. The molecular weight excluding hydrogens is 140 g/mol. The molecule has 11 heavy (non-hydrogen) atoms. The number of fused-ring (bicyclic) bond motifs is 2. The SMILES string of the molecule is O=C(CO)C12CCC(CC1)C2. The summed E-state index contributed by atoms with van der Waals surface area (Å²) in [4.78, 5) is 11.3. The molecule has 0 aliphatic heterocycles. The quantitative estimate of drug-likeness (QED) is 0.647. The van der Waals surface area contributed by atoms with E-state index in [9.17, 15) is 4.79 Å². The largest absolute Gasteiger partial charge is 0.389 e. The lowest BCUT2D eigenvalue weighted by atomic mass is 9.80. The summed E-state index contributed by atoms with van der Waals surface area (Å²) in [6.45, 7) is -0.243. The molecule has 0 aromatic heterocycles. The summed E-state index contributed by atoms with van der Waals surface area (Å²) in [5, 5.41) is 8.76. The molecule has 2 aliphatic carbocycles. The van der Waals surface area contributed by atoms with Crippen LogP contribution in [0.4, 0.5) is 0 Å². The van der Waals surface area contributed by atoms with E-state index in [-0.39, 0.29) is 17.8 Å². The predicted octanol–water partition coefficient (Wildman–Crippen LogP) is 1.13. The molecule has 2 aliphatic rings. The van der Waals surface area contributed by atoms with Gasteiger partial charge in [0.25, 0.3) is 0 Å². The highest BCUT2D eigenvalue weighted by Crippen LogP contribution is 2.54. The number of carbonyl (C=O) groups excluding carboxylic acids is 1. The smallest absolute Gasteiger partial charge is 0.164 e. The van der Waals surface area contributed by atoms with Crippen molar-refractivity contribution in [2.24, 2.45) is 11.3 Å². The van der Waals surface area contributed by atoms with Crippen molar-refractivity contribution in [2.45, 2.75) is 32.1 Å². The third-order valence-electron chi connectivity index (χ3n) is 3.48. The number of hydrogen-bond donors (Lipinski definition) is 1. The molecule has 0 heterocycles. The van der Waals surface area contributed by atoms with E-state index in [1.54, 1.807) is 0 Å². The molecule has 2 fully saturated rings. The lowest BCUT2D eigenvalue weighted by Crippen LogP contribution is -2.28. The van der Waals surface area contributed by atoms with Crippen LogP contribution < -0.4 is 0 Å². The van der Waals surface area contributed by atoms with Crippen molar-refractivity contribution < 1.29 is 9.90 Å². The highest BCUT2D eigenvalue weighted by Gasteiger charge is 2.48. The van der Waals surface area contributed by atoms with Crippen LogP contribution in [0.2, 0.25) is 0 Å². The van der Waals surface area contributed by atoms with E-state index in [0.29, 0.717) is 0 Å². The summed E-state index contributed by atoms with van der Waals surface area (Å²) in [5.41, 5.74) is -0.0700. The molecule has 0 amide bonds. The standard InChI is InChI=1S/C9H14O2/c10-6-8(11)9-3-1-7(5-9)2-4-9/h7,10H,1-6H2. The van der Waals surface area contributed by atoms with Gasteiger partial charge in [0, 0.05) is 5.41 Å². The van der Waals surface area contributed by atoms with E-state index in [4.69, 9.17) is 5.11 Å². The molecule has 62 valence electrons. The van der Waals surface area contributed by atoms with Crippen LogP contribution in [0.15, 0.2) is 0 Å². The first-order valence-corrected chi connectivity index (χ1v) is 4.41. The summed E-state index contributed by atoms with van der Waals surface area (Å²) < 4.78 is 0. The van der Waals surface area contributed by atoms with E-state index in [1.165, 1.54) is 12.8 Å². The summed E-state index contributed by atoms with van der Waals surface area (Å²) in [7, 11) is 0. The zero-order valence-corrected chi connectivity index (χ0v) is 6.68. The van der Waals surface area contributed by atoms with Gasteiger partial charge in [-0.15, -0.1) is 0 Å². The van der Waals surface area contributed by atoms with Gasteiger partial charge < -0.3 is 5.11 Å². The number of aliphatic hydroxyl groups excluding tert-OH is 1. The van der Waals surface area contributed by atoms with Crippen molar-refractivity contribution in [1.82, 2.24) is 0 Å². The summed E-state index contributed by atoms with van der Waals surface area (Å²) in [5.74, 6) is 0.892. The Labute approximate surface area is 66.6 Å². The van der Waals surface area contributed by atoms with Gasteiger partial charge in [-0.05, 0) is 38.0 Å². The Morgan fingerprint density at radius 1 is 1.45 bits per heavy atom. The highest BCUT2D eigenvalue weighted by atomic mass is 16.3. The van der Waals surface area contributed by atoms with Crippen molar-refractivity contribution in [1.29, 1.82) is 0 Å². The maximum atomic E-state index is 11.3. The minimum absolute atomic E-state index is 0.0700. The van der Waals surface area contributed by atoms with Crippen LogP contribution in [0.5, 0.6) is 0 Å². The first-order valence-electron chi connectivity index (χ1n) is 4.41. The van der Waals surface area contributed by atoms with E-state index in [0.717, 1.165) is 25.2 Å². The third kappa shape index (κ3) is 0.924. The van der Waals surface area contributed by atoms with Crippen LogP contribution in [0.3, 0.4) is 0 Å². The third-order valence-corrected chi connectivity index (χ3v) is 3.48. The van der Waals surface area contributed by atoms with Gasteiger partial charge in [0.05, 0.1) is 0 Å². The fourth-order valence-corrected chi connectivity index (χ4v) is 2.75. The number of Topliss-reactive ketones (excluding diaryl/α,β-unsaturated/α-hetero) is 1. The van der Waals surface area contributed by atoms with Crippen molar-refractivity contribution in [3.8, 4) is 0 Å². The second-order valence-electron chi connectivity index (χ2n) is 4.01. The topological polar surface area (TPSA) is 37.3 Å². The fourth-order valence-electron chi connectivity index (χ4n) is 2.75. The predicted molar refractivity (Wildman–Crippen MR) is 41.1 cm³/mol. The Morgan fingerprint density at radius 2 is 2.09 bits per heavy atom. The lowest BCUT2D eigenvalue weighted by Gasteiger charge is -2.23. The first kappa shape index (κ1) is 7.29. The number of hydrogen-bond acceptors (Lipinski definition) is 2. The Bertz CT molecular complexity index is 178. The highest BCUT2D eigenvalue weighted by molar-refractivity contribution is 5.86. The van der Waals surface area contributed by atoms with Gasteiger partial charge >= 0.3 is 0 Å². The maximum absolute atomic E-state index is 11.3. The lowest BCUT2D eigenvalue weighted by molar-refractivity contribution is -0.131. The Kier molecular flexibility index (Phi) is 1.53. The van der Waals surface area contributed by atoms with Gasteiger partial charge in [0.1, 0.15) is 6.61 Å². The van der Waals surface area contributed by atoms with Crippen molar-refractivity contribution >= 4 is 5.78 Å². The van der Waals surface area contributed by atoms with Gasteiger partial charge in [0.2, 0.25) is 0 Å². The second kappa shape index (κ2) is 2.31. The van der Waals surface area contributed by atoms with Crippen LogP contribution in [0, 0.1) is 11.3 Å². The van der Waals surface area contributed by atoms with Crippen molar-refractivity contribution in [3.63, 3.8) is 0 Å². The zero-order chi connectivity index (χ0) is 7.90. The summed E-state index contributed by atoms with van der Waals surface area (Å²) in [6, 6.07) is 0. The van der Waals surface area contributed by atoms with Gasteiger partial charge in [-0.3, -0.25) is 4.79 Å². The molecule has 0 aromatic carbocycles. The van der Waals surface area contributed by atoms with E-state index >= 15 is 0 Å². The minimum atomic E-state index is -0.243. The number of rotatable bonds is 2. The van der Waals surface area contributed by atoms with Crippen LogP contribution in [0.25, 0.3) is 0 Å². The molecule has 0 spiro atoms. The number of ketones is 1. The average Bonchev–Trinajstić information content (AvgIpc) is 2.62.